The van der Waals surface area contributed by atoms with Crippen LogP contribution in [0.5, 0.6) is 5.75 Å². The minimum absolute atomic E-state index is 0.207. The Hall–Kier alpha value is -2.08. The molecule has 0 radical (unpaired) electrons. The number of hydrogen-bond acceptors (Lipinski definition) is 5. The number of aliphatic hydroxyl groups excluding tert-OH is 1. The molecule has 0 heterocycles. The lowest BCUT2D eigenvalue weighted by Gasteiger charge is -2.18. The van der Waals surface area contributed by atoms with Crippen molar-refractivity contribution < 1.29 is 24.5 Å². The Kier molecular flexibility index (Phi) is 5.13. The Balaban J connectivity index is 2.86. The molecule has 1 aromatic carbocycles. The molecule has 6 heteroatoms. The van der Waals surface area contributed by atoms with Crippen molar-refractivity contribution in [3.8, 4) is 5.75 Å². The van der Waals surface area contributed by atoms with Crippen LogP contribution < -0.4 is 15.2 Å². The minimum atomic E-state index is -1.54. The molecule has 0 saturated heterocycles. The third-order valence-electron chi connectivity index (χ3n) is 2.20. The van der Waals surface area contributed by atoms with Crippen molar-refractivity contribution in [2.24, 2.45) is 0 Å². The van der Waals surface area contributed by atoms with Crippen LogP contribution in [0.4, 0.5) is 0 Å². The number of carbonyl (C=O) groups is 2. The van der Waals surface area contributed by atoms with E-state index in [0.717, 1.165) is 0 Å². The fourth-order valence-corrected chi connectivity index (χ4v) is 1.35. The van der Waals surface area contributed by atoms with E-state index < -0.39 is 24.5 Å². The zero-order valence-corrected chi connectivity index (χ0v) is 9.88. The number of para-hydroxylation sites is 1. The predicted molar refractivity (Wildman–Crippen MR) is 61.0 cm³/mol. The van der Waals surface area contributed by atoms with Crippen LogP contribution in [0.3, 0.4) is 0 Å². The molecule has 0 aliphatic carbocycles. The molecule has 1 atom stereocenters. The van der Waals surface area contributed by atoms with E-state index in [1.807, 2.05) is 0 Å². The number of aliphatic hydroxyl groups is 1. The van der Waals surface area contributed by atoms with Gasteiger partial charge in [-0.2, -0.15) is 0 Å². The molecule has 0 spiro atoms. The SMILES string of the molecule is CCOc1ccccc1C(=O)N[C@H](CO)C(=O)[O-]. The summed E-state index contributed by atoms with van der Waals surface area (Å²) in [5.41, 5.74) is 0.207. The fraction of sp³-hybridized carbons (Fsp3) is 0.333. The van der Waals surface area contributed by atoms with Crippen LogP contribution in [-0.2, 0) is 4.79 Å². The van der Waals surface area contributed by atoms with Gasteiger partial charge in [-0.05, 0) is 19.1 Å². The minimum Gasteiger partial charge on any atom is -0.548 e. The molecule has 0 unspecified atom stereocenters. The number of carboxylic acid groups (broad SMARTS) is 1. The Morgan fingerprint density at radius 3 is 2.67 bits per heavy atom. The Bertz CT molecular complexity index is 432. The number of rotatable bonds is 6. The maximum Gasteiger partial charge on any atom is 0.255 e. The molecule has 0 aliphatic heterocycles. The van der Waals surface area contributed by atoms with E-state index in [1.165, 1.54) is 6.07 Å². The van der Waals surface area contributed by atoms with E-state index in [9.17, 15) is 14.7 Å². The average molecular weight is 252 g/mol. The first-order valence-electron chi connectivity index (χ1n) is 5.44. The number of hydrogen-bond donors (Lipinski definition) is 2. The quantitative estimate of drug-likeness (QED) is 0.671. The van der Waals surface area contributed by atoms with Gasteiger partial charge < -0.3 is 25.1 Å². The summed E-state index contributed by atoms with van der Waals surface area (Å²) in [6.07, 6.45) is 0. The van der Waals surface area contributed by atoms with Gasteiger partial charge in [0.15, 0.2) is 0 Å². The molecule has 1 amide bonds. The Labute approximate surface area is 104 Å². The zero-order chi connectivity index (χ0) is 13.5. The summed E-state index contributed by atoms with van der Waals surface area (Å²) < 4.78 is 5.25. The number of carbonyl (C=O) groups excluding carboxylic acids is 2. The van der Waals surface area contributed by atoms with Crippen molar-refractivity contribution >= 4 is 11.9 Å². The van der Waals surface area contributed by atoms with Gasteiger partial charge in [-0.1, -0.05) is 12.1 Å². The van der Waals surface area contributed by atoms with Crippen LogP contribution in [0.25, 0.3) is 0 Å². The van der Waals surface area contributed by atoms with Crippen molar-refractivity contribution in [2.45, 2.75) is 13.0 Å². The van der Waals surface area contributed by atoms with Gasteiger partial charge in [-0.25, -0.2) is 0 Å². The second kappa shape index (κ2) is 6.61. The molecule has 0 aromatic heterocycles. The van der Waals surface area contributed by atoms with E-state index >= 15 is 0 Å². The summed E-state index contributed by atoms with van der Waals surface area (Å²) in [6, 6.07) is 5.00. The van der Waals surface area contributed by atoms with Crippen molar-refractivity contribution in [2.75, 3.05) is 13.2 Å². The van der Waals surface area contributed by atoms with Gasteiger partial charge in [-0.3, -0.25) is 4.79 Å². The third-order valence-corrected chi connectivity index (χ3v) is 2.20. The first kappa shape index (κ1) is 14.0. The van der Waals surface area contributed by atoms with Crippen LogP contribution in [0.1, 0.15) is 17.3 Å². The maximum absolute atomic E-state index is 11.8. The second-order valence-corrected chi connectivity index (χ2v) is 3.46. The highest BCUT2D eigenvalue weighted by atomic mass is 16.5. The molecule has 0 aliphatic rings. The van der Waals surface area contributed by atoms with E-state index in [1.54, 1.807) is 25.1 Å². The van der Waals surface area contributed by atoms with E-state index in [0.29, 0.717) is 12.4 Å². The summed E-state index contributed by atoms with van der Waals surface area (Å²) in [5, 5.41) is 21.5. The monoisotopic (exact) mass is 252 g/mol. The summed E-state index contributed by atoms with van der Waals surface area (Å²) >= 11 is 0. The lowest BCUT2D eigenvalue weighted by Crippen LogP contribution is -2.50. The van der Waals surface area contributed by atoms with Crippen LogP contribution in [0.2, 0.25) is 0 Å². The molecular formula is C12H14NO5-. The second-order valence-electron chi connectivity index (χ2n) is 3.46. The van der Waals surface area contributed by atoms with Gasteiger partial charge in [0.2, 0.25) is 0 Å². The predicted octanol–water partition coefficient (Wildman–Crippen LogP) is -1.07. The average Bonchev–Trinajstić information content (AvgIpc) is 2.36. The van der Waals surface area contributed by atoms with Crippen LogP contribution in [-0.4, -0.2) is 36.2 Å². The number of nitrogens with one attached hydrogen (secondary N) is 1. The highest BCUT2D eigenvalue weighted by Crippen LogP contribution is 2.17. The first-order valence-corrected chi connectivity index (χ1v) is 5.44. The van der Waals surface area contributed by atoms with E-state index in [-0.39, 0.29) is 5.56 Å². The van der Waals surface area contributed by atoms with Gasteiger partial charge in [-0.15, -0.1) is 0 Å². The summed E-state index contributed by atoms with van der Waals surface area (Å²) in [6.45, 7) is 1.42. The topological polar surface area (TPSA) is 98.7 Å². The van der Waals surface area contributed by atoms with Crippen molar-refractivity contribution in [3.05, 3.63) is 29.8 Å². The summed E-state index contributed by atoms with van der Waals surface area (Å²) in [4.78, 5) is 22.4. The molecule has 2 N–H and O–H groups in total. The van der Waals surface area contributed by atoms with Gasteiger partial charge in [0.1, 0.15) is 5.75 Å². The number of aliphatic carboxylic acids is 1. The van der Waals surface area contributed by atoms with E-state index in [2.05, 4.69) is 5.32 Å². The molecular weight excluding hydrogens is 238 g/mol. The first-order chi connectivity index (χ1) is 8.60. The number of ether oxygens (including phenoxy) is 1. The maximum atomic E-state index is 11.8. The van der Waals surface area contributed by atoms with Gasteiger partial charge in [0.25, 0.3) is 5.91 Å². The highest BCUT2D eigenvalue weighted by molar-refractivity contribution is 5.98. The molecule has 0 saturated carbocycles. The molecule has 0 bridgehead atoms. The largest absolute Gasteiger partial charge is 0.548 e. The fourth-order valence-electron chi connectivity index (χ4n) is 1.35. The molecule has 1 aromatic rings. The van der Waals surface area contributed by atoms with Crippen LogP contribution in [0, 0.1) is 0 Å². The number of amides is 1. The van der Waals surface area contributed by atoms with E-state index in [4.69, 9.17) is 9.84 Å². The van der Waals surface area contributed by atoms with Crippen molar-refractivity contribution in [1.29, 1.82) is 0 Å². The normalized spacial score (nSPS) is 11.7. The number of carboxylic acids is 1. The Morgan fingerprint density at radius 1 is 1.44 bits per heavy atom. The third kappa shape index (κ3) is 3.46. The summed E-state index contributed by atoms with van der Waals surface area (Å²) in [5.74, 6) is -1.82. The molecule has 6 nitrogen and oxygen atoms in total. The van der Waals surface area contributed by atoms with Crippen molar-refractivity contribution in [1.82, 2.24) is 5.32 Å². The van der Waals surface area contributed by atoms with Gasteiger partial charge in [0, 0.05) is 0 Å². The smallest absolute Gasteiger partial charge is 0.255 e. The standard InChI is InChI=1S/C12H15NO5/c1-2-18-10-6-4-3-5-8(10)11(15)13-9(7-14)12(16)17/h3-6,9,14H,2,7H2,1H3,(H,13,15)(H,16,17)/p-1/t9-/m1/s1. The van der Waals surface area contributed by atoms with Crippen LogP contribution in [0.15, 0.2) is 24.3 Å². The molecule has 1 rings (SSSR count). The van der Waals surface area contributed by atoms with Gasteiger partial charge in [0.05, 0.1) is 30.8 Å². The van der Waals surface area contributed by atoms with Crippen molar-refractivity contribution in [3.63, 3.8) is 0 Å². The highest BCUT2D eigenvalue weighted by Gasteiger charge is 2.16. The number of benzene rings is 1. The van der Waals surface area contributed by atoms with Gasteiger partial charge >= 0.3 is 0 Å². The lowest BCUT2D eigenvalue weighted by molar-refractivity contribution is -0.308. The molecule has 18 heavy (non-hydrogen) atoms. The Morgan fingerprint density at radius 2 is 2.11 bits per heavy atom. The van der Waals surface area contributed by atoms with Crippen LogP contribution >= 0.6 is 0 Å². The lowest BCUT2D eigenvalue weighted by atomic mass is 10.1. The molecule has 98 valence electrons. The summed E-state index contributed by atoms with van der Waals surface area (Å²) in [7, 11) is 0. The zero-order valence-electron chi connectivity index (χ0n) is 9.88. The molecule has 0 fully saturated rings.